The maximum absolute atomic E-state index is 3.42. The summed E-state index contributed by atoms with van der Waals surface area (Å²) in [6.07, 6.45) is 12.1. The van der Waals surface area contributed by atoms with Crippen LogP contribution in [-0.4, -0.2) is 5.33 Å². The van der Waals surface area contributed by atoms with Crippen LogP contribution in [0.25, 0.3) is 6.08 Å². The van der Waals surface area contributed by atoms with Crippen molar-refractivity contribution in [2.24, 2.45) is 0 Å². The minimum atomic E-state index is 1.04. The van der Waals surface area contributed by atoms with Crippen LogP contribution in [0.2, 0.25) is 0 Å². The van der Waals surface area contributed by atoms with E-state index in [4.69, 9.17) is 0 Å². The Hall–Kier alpha value is -0.560. The lowest BCUT2D eigenvalue weighted by Gasteiger charge is -2.01. The van der Waals surface area contributed by atoms with Crippen molar-refractivity contribution in [2.75, 3.05) is 5.33 Å². The van der Waals surface area contributed by atoms with E-state index >= 15 is 0 Å². The summed E-state index contributed by atoms with van der Waals surface area (Å²) in [5.41, 5.74) is 2.78. The second-order valence-electron chi connectivity index (χ2n) is 4.43. The molecule has 0 fully saturated rings. The van der Waals surface area contributed by atoms with Gasteiger partial charge in [0.25, 0.3) is 0 Å². The Balaban J connectivity index is 2.34. The molecule has 1 rings (SSSR count). The van der Waals surface area contributed by atoms with Gasteiger partial charge in [0.2, 0.25) is 0 Å². The zero-order valence-electron chi connectivity index (χ0n) is 10.8. The summed E-state index contributed by atoms with van der Waals surface area (Å²) in [7, 11) is 0. The molecular formula is C16H23Br. The average Bonchev–Trinajstić information content (AvgIpc) is 2.37. The topological polar surface area (TPSA) is 0 Å². The van der Waals surface area contributed by atoms with Crippen LogP contribution >= 0.6 is 15.9 Å². The number of rotatable bonds is 8. The molecular weight excluding hydrogens is 272 g/mol. The molecule has 0 heterocycles. The number of hydrogen-bond acceptors (Lipinski definition) is 0. The predicted octanol–water partition coefficient (Wildman–Crippen LogP) is 5.61. The van der Waals surface area contributed by atoms with E-state index in [-0.39, 0.29) is 0 Å². The van der Waals surface area contributed by atoms with E-state index in [1.165, 1.54) is 43.2 Å². The summed E-state index contributed by atoms with van der Waals surface area (Å²) < 4.78 is 0. The van der Waals surface area contributed by atoms with Crippen LogP contribution in [0.15, 0.2) is 30.3 Å². The molecule has 1 aromatic carbocycles. The lowest BCUT2D eigenvalue weighted by Crippen LogP contribution is -1.85. The van der Waals surface area contributed by atoms with Gasteiger partial charge >= 0.3 is 0 Å². The number of unbranched alkanes of at least 4 members (excludes halogenated alkanes) is 3. The standard InChI is InChI=1S/C16H23Br/c1-2-3-4-5-8-15-10-12-16(13-11-15)9-6-7-14-17/h6,9-13H,2-5,7-8,14H2,1H3. The molecule has 0 unspecified atom stereocenters. The predicted molar refractivity (Wildman–Crippen MR) is 81.7 cm³/mol. The first-order valence-electron chi connectivity index (χ1n) is 6.68. The van der Waals surface area contributed by atoms with Crippen LogP contribution in [0.4, 0.5) is 0 Å². The molecule has 17 heavy (non-hydrogen) atoms. The van der Waals surface area contributed by atoms with Gasteiger partial charge in [-0.15, -0.1) is 0 Å². The SMILES string of the molecule is CCCCCCc1ccc(C=CCCBr)cc1. The Labute approximate surface area is 114 Å². The molecule has 0 aliphatic carbocycles. The molecule has 1 aromatic rings. The highest BCUT2D eigenvalue weighted by Crippen LogP contribution is 2.11. The van der Waals surface area contributed by atoms with Crippen molar-refractivity contribution in [3.63, 3.8) is 0 Å². The molecule has 94 valence electrons. The maximum Gasteiger partial charge on any atom is 0.00660 e. The highest BCUT2D eigenvalue weighted by molar-refractivity contribution is 9.09. The number of allylic oxidation sites excluding steroid dienone is 1. The van der Waals surface area contributed by atoms with Gasteiger partial charge in [0.15, 0.2) is 0 Å². The minimum Gasteiger partial charge on any atom is -0.0925 e. The van der Waals surface area contributed by atoms with Gasteiger partial charge in [-0.2, -0.15) is 0 Å². The van der Waals surface area contributed by atoms with Crippen molar-refractivity contribution in [1.29, 1.82) is 0 Å². The summed E-state index contributed by atoms with van der Waals surface area (Å²) >= 11 is 3.42. The Morgan fingerprint density at radius 2 is 1.82 bits per heavy atom. The molecule has 0 aliphatic rings. The van der Waals surface area contributed by atoms with E-state index in [0.29, 0.717) is 0 Å². The zero-order chi connectivity index (χ0) is 12.3. The summed E-state index contributed by atoms with van der Waals surface area (Å²) in [5.74, 6) is 0. The van der Waals surface area contributed by atoms with E-state index < -0.39 is 0 Å². The third-order valence-corrected chi connectivity index (χ3v) is 3.34. The van der Waals surface area contributed by atoms with Gasteiger partial charge in [-0.1, -0.05) is 78.5 Å². The molecule has 0 aromatic heterocycles. The first-order chi connectivity index (χ1) is 8.36. The summed E-state index contributed by atoms with van der Waals surface area (Å²) in [4.78, 5) is 0. The van der Waals surface area contributed by atoms with Gasteiger partial charge in [-0.05, 0) is 30.4 Å². The number of aryl methyl sites for hydroxylation is 1. The molecule has 0 amide bonds. The fourth-order valence-corrected chi connectivity index (χ4v) is 2.10. The van der Waals surface area contributed by atoms with Crippen LogP contribution in [0.3, 0.4) is 0 Å². The number of halogens is 1. The van der Waals surface area contributed by atoms with Crippen molar-refractivity contribution < 1.29 is 0 Å². The summed E-state index contributed by atoms with van der Waals surface area (Å²) in [6, 6.07) is 8.97. The monoisotopic (exact) mass is 294 g/mol. The number of hydrogen-bond donors (Lipinski definition) is 0. The summed E-state index contributed by atoms with van der Waals surface area (Å²) in [5, 5.41) is 1.04. The smallest absolute Gasteiger partial charge is 0.00660 e. The van der Waals surface area contributed by atoms with Crippen LogP contribution in [-0.2, 0) is 6.42 Å². The van der Waals surface area contributed by atoms with Crippen LogP contribution in [0.5, 0.6) is 0 Å². The lowest BCUT2D eigenvalue weighted by atomic mass is 10.0. The molecule has 0 nitrogen and oxygen atoms in total. The molecule has 0 spiro atoms. The molecule has 0 aliphatic heterocycles. The molecule has 0 saturated heterocycles. The molecule has 1 heteroatoms. The third kappa shape index (κ3) is 6.68. The van der Waals surface area contributed by atoms with Crippen LogP contribution < -0.4 is 0 Å². The van der Waals surface area contributed by atoms with Crippen molar-refractivity contribution in [3.05, 3.63) is 41.5 Å². The number of benzene rings is 1. The van der Waals surface area contributed by atoms with Crippen LogP contribution in [0, 0.1) is 0 Å². The van der Waals surface area contributed by atoms with E-state index in [1.807, 2.05) is 0 Å². The largest absolute Gasteiger partial charge is 0.0925 e. The van der Waals surface area contributed by atoms with Crippen molar-refractivity contribution in [2.45, 2.75) is 45.4 Å². The van der Waals surface area contributed by atoms with E-state index in [0.717, 1.165) is 11.8 Å². The molecule has 0 atom stereocenters. The first-order valence-corrected chi connectivity index (χ1v) is 7.80. The normalized spacial score (nSPS) is 11.2. The third-order valence-electron chi connectivity index (χ3n) is 2.88. The van der Waals surface area contributed by atoms with Crippen molar-refractivity contribution in [1.82, 2.24) is 0 Å². The van der Waals surface area contributed by atoms with E-state index in [9.17, 15) is 0 Å². The zero-order valence-corrected chi connectivity index (χ0v) is 12.4. The van der Waals surface area contributed by atoms with Gasteiger partial charge < -0.3 is 0 Å². The quantitative estimate of drug-likeness (QED) is 0.432. The van der Waals surface area contributed by atoms with Crippen LogP contribution in [0.1, 0.15) is 50.2 Å². The van der Waals surface area contributed by atoms with Crippen molar-refractivity contribution >= 4 is 22.0 Å². The molecule has 0 radical (unpaired) electrons. The second kappa shape index (κ2) is 9.47. The van der Waals surface area contributed by atoms with E-state index in [1.54, 1.807) is 0 Å². The van der Waals surface area contributed by atoms with Gasteiger partial charge in [-0.3, -0.25) is 0 Å². The Bertz CT molecular complexity index is 311. The average molecular weight is 295 g/mol. The Kier molecular flexibility index (Phi) is 8.08. The lowest BCUT2D eigenvalue weighted by molar-refractivity contribution is 0.667. The van der Waals surface area contributed by atoms with Gasteiger partial charge in [0, 0.05) is 5.33 Å². The van der Waals surface area contributed by atoms with Gasteiger partial charge in [0.1, 0.15) is 0 Å². The van der Waals surface area contributed by atoms with Gasteiger partial charge in [-0.25, -0.2) is 0 Å². The highest BCUT2D eigenvalue weighted by Gasteiger charge is 1.93. The van der Waals surface area contributed by atoms with E-state index in [2.05, 4.69) is 59.3 Å². The number of alkyl halides is 1. The fourth-order valence-electron chi connectivity index (χ4n) is 1.83. The fraction of sp³-hybridized carbons (Fsp3) is 0.500. The molecule has 0 saturated carbocycles. The first kappa shape index (κ1) is 14.5. The Morgan fingerprint density at radius 3 is 2.47 bits per heavy atom. The van der Waals surface area contributed by atoms with Gasteiger partial charge in [0.05, 0.1) is 0 Å². The summed E-state index contributed by atoms with van der Waals surface area (Å²) in [6.45, 7) is 2.26. The molecule has 0 bridgehead atoms. The highest BCUT2D eigenvalue weighted by atomic mass is 79.9. The minimum absolute atomic E-state index is 1.04. The second-order valence-corrected chi connectivity index (χ2v) is 5.23. The molecule has 0 N–H and O–H groups in total. The maximum atomic E-state index is 3.42. The Morgan fingerprint density at radius 1 is 1.06 bits per heavy atom. The van der Waals surface area contributed by atoms with Crippen molar-refractivity contribution in [3.8, 4) is 0 Å².